The summed E-state index contributed by atoms with van der Waals surface area (Å²) in [5.41, 5.74) is 0. The number of nitrogens with one attached hydrogen (secondary N) is 1. The number of rotatable bonds is 9. The number of sulfonamides is 1. The third kappa shape index (κ3) is 5.20. The lowest BCUT2D eigenvalue weighted by Crippen LogP contribution is -2.43. The first-order valence-corrected chi connectivity index (χ1v) is 12.3. The molecule has 1 heterocycles. The van der Waals surface area contributed by atoms with Gasteiger partial charge in [-0.25, -0.2) is 8.42 Å². The van der Waals surface area contributed by atoms with Gasteiger partial charge in [0.15, 0.2) is 0 Å². The van der Waals surface area contributed by atoms with Crippen LogP contribution in [0.5, 0.6) is 0 Å². The number of hydrogen-bond acceptors (Lipinski definition) is 4. The highest BCUT2D eigenvalue weighted by atomic mass is 32.2. The number of fused-ring (bicyclic) bond motifs is 1. The van der Waals surface area contributed by atoms with Crippen LogP contribution in [0.4, 0.5) is 0 Å². The van der Waals surface area contributed by atoms with E-state index in [9.17, 15) is 13.2 Å². The Labute approximate surface area is 178 Å². The Morgan fingerprint density at radius 1 is 1.03 bits per heavy atom. The molecule has 4 rings (SSSR count). The van der Waals surface area contributed by atoms with E-state index in [2.05, 4.69) is 5.32 Å². The van der Waals surface area contributed by atoms with Crippen molar-refractivity contribution in [2.45, 2.75) is 37.0 Å². The molecule has 0 bridgehead atoms. The largest absolute Gasteiger partial charge is 0.381 e. The molecule has 0 unspecified atom stereocenters. The Morgan fingerprint density at radius 3 is 2.50 bits per heavy atom. The Kier molecular flexibility index (Phi) is 6.71. The van der Waals surface area contributed by atoms with Crippen LogP contribution in [0, 0.1) is 11.8 Å². The summed E-state index contributed by atoms with van der Waals surface area (Å²) in [5.74, 6) is 0.663. The monoisotopic (exact) mass is 430 g/mol. The molecule has 2 fully saturated rings. The van der Waals surface area contributed by atoms with Gasteiger partial charge in [-0.1, -0.05) is 30.3 Å². The molecule has 6 nitrogen and oxygen atoms in total. The summed E-state index contributed by atoms with van der Waals surface area (Å²) in [7, 11) is -3.55. The van der Waals surface area contributed by atoms with Crippen LogP contribution in [0.3, 0.4) is 0 Å². The van der Waals surface area contributed by atoms with E-state index in [4.69, 9.17) is 4.74 Å². The fraction of sp³-hybridized carbons (Fsp3) is 0.522. The Balaban J connectivity index is 1.24. The highest BCUT2D eigenvalue weighted by Gasteiger charge is 2.32. The highest BCUT2D eigenvalue weighted by molar-refractivity contribution is 7.89. The maximum Gasteiger partial charge on any atom is 0.243 e. The molecule has 162 valence electrons. The lowest BCUT2D eigenvalue weighted by atomic mass is 9.97. The van der Waals surface area contributed by atoms with Gasteiger partial charge in [-0.2, -0.15) is 4.31 Å². The molecule has 1 aliphatic carbocycles. The van der Waals surface area contributed by atoms with E-state index in [0.29, 0.717) is 44.0 Å². The zero-order chi connectivity index (χ0) is 21.0. The summed E-state index contributed by atoms with van der Waals surface area (Å²) in [6, 6.07) is 13.0. The van der Waals surface area contributed by atoms with Crippen LogP contribution in [0.2, 0.25) is 0 Å². The van der Waals surface area contributed by atoms with E-state index in [1.54, 1.807) is 12.1 Å². The fourth-order valence-corrected chi connectivity index (χ4v) is 5.41. The van der Waals surface area contributed by atoms with Crippen LogP contribution < -0.4 is 5.32 Å². The molecule has 1 saturated carbocycles. The molecular weight excluding hydrogens is 400 g/mol. The SMILES string of the molecule is O=C(NCCCOCC1CC1)C1CCN(S(=O)(=O)c2ccc3ccccc3c2)CC1. The van der Waals surface area contributed by atoms with Gasteiger partial charge in [-0.3, -0.25) is 4.79 Å². The fourth-order valence-electron chi connectivity index (χ4n) is 3.90. The first-order chi connectivity index (χ1) is 14.5. The highest BCUT2D eigenvalue weighted by Crippen LogP contribution is 2.29. The maximum absolute atomic E-state index is 13.0. The van der Waals surface area contributed by atoms with Crippen molar-refractivity contribution in [2.24, 2.45) is 11.8 Å². The maximum atomic E-state index is 13.0. The minimum Gasteiger partial charge on any atom is -0.381 e. The molecule has 0 atom stereocenters. The van der Waals surface area contributed by atoms with Crippen molar-refractivity contribution in [2.75, 3.05) is 32.8 Å². The second-order valence-corrected chi connectivity index (χ2v) is 10.3. The Bertz CT molecular complexity index is 980. The molecule has 1 amide bonds. The van der Waals surface area contributed by atoms with E-state index in [1.165, 1.54) is 17.1 Å². The molecule has 0 spiro atoms. The van der Waals surface area contributed by atoms with Crippen LogP contribution >= 0.6 is 0 Å². The Morgan fingerprint density at radius 2 is 1.77 bits per heavy atom. The predicted molar refractivity (Wildman–Crippen MR) is 117 cm³/mol. The van der Waals surface area contributed by atoms with Crippen LogP contribution in [-0.4, -0.2) is 51.5 Å². The molecule has 2 aliphatic rings. The first kappa shape index (κ1) is 21.3. The topological polar surface area (TPSA) is 75.7 Å². The molecule has 1 saturated heterocycles. The normalized spacial score (nSPS) is 18.5. The average Bonchev–Trinajstić information content (AvgIpc) is 3.60. The van der Waals surface area contributed by atoms with Crippen molar-refractivity contribution in [3.8, 4) is 0 Å². The van der Waals surface area contributed by atoms with Gasteiger partial charge < -0.3 is 10.1 Å². The molecule has 0 radical (unpaired) electrons. The van der Waals surface area contributed by atoms with Crippen molar-refractivity contribution in [1.82, 2.24) is 9.62 Å². The second kappa shape index (κ2) is 9.45. The third-order valence-electron chi connectivity index (χ3n) is 6.00. The number of benzene rings is 2. The molecular formula is C23H30N2O4S. The van der Waals surface area contributed by atoms with Crippen LogP contribution in [0.15, 0.2) is 47.4 Å². The van der Waals surface area contributed by atoms with Gasteiger partial charge in [-0.15, -0.1) is 0 Å². The molecule has 7 heteroatoms. The first-order valence-electron chi connectivity index (χ1n) is 10.9. The summed E-state index contributed by atoms with van der Waals surface area (Å²) in [4.78, 5) is 12.7. The van der Waals surface area contributed by atoms with E-state index in [1.807, 2.05) is 30.3 Å². The average molecular weight is 431 g/mol. The molecule has 2 aromatic rings. The zero-order valence-corrected chi connectivity index (χ0v) is 18.1. The quantitative estimate of drug-likeness (QED) is 0.620. The summed E-state index contributed by atoms with van der Waals surface area (Å²) in [6.45, 7) is 2.88. The van der Waals surface area contributed by atoms with E-state index in [0.717, 1.165) is 29.7 Å². The summed E-state index contributed by atoms with van der Waals surface area (Å²) in [5, 5.41) is 4.90. The van der Waals surface area contributed by atoms with Gasteiger partial charge in [-0.05, 0) is 60.9 Å². The van der Waals surface area contributed by atoms with Gasteiger partial charge in [0.05, 0.1) is 4.90 Å². The van der Waals surface area contributed by atoms with Crippen molar-refractivity contribution >= 4 is 26.7 Å². The molecule has 1 N–H and O–H groups in total. The van der Waals surface area contributed by atoms with E-state index < -0.39 is 10.0 Å². The molecule has 1 aliphatic heterocycles. The standard InChI is InChI=1S/C23H30N2O4S/c26-23(24-12-3-15-29-17-18-6-7-18)20-10-13-25(14-11-20)30(27,28)22-9-8-19-4-1-2-5-21(19)16-22/h1-2,4-5,8-9,16,18,20H,3,6-7,10-15,17H2,(H,24,26). The second-order valence-electron chi connectivity index (χ2n) is 8.35. The number of carbonyl (C=O) groups excluding carboxylic acids is 1. The van der Waals surface area contributed by atoms with Gasteiger partial charge in [0, 0.05) is 38.8 Å². The summed E-state index contributed by atoms with van der Waals surface area (Å²) < 4.78 is 33.2. The van der Waals surface area contributed by atoms with Gasteiger partial charge in [0.2, 0.25) is 15.9 Å². The smallest absolute Gasteiger partial charge is 0.243 e. The van der Waals surface area contributed by atoms with E-state index >= 15 is 0 Å². The molecule has 30 heavy (non-hydrogen) atoms. The van der Waals surface area contributed by atoms with Crippen LogP contribution in [0.25, 0.3) is 10.8 Å². The number of ether oxygens (including phenoxy) is 1. The third-order valence-corrected chi connectivity index (χ3v) is 7.89. The van der Waals surface area contributed by atoms with Gasteiger partial charge in [0.1, 0.15) is 0 Å². The minimum atomic E-state index is -3.55. The number of amides is 1. The van der Waals surface area contributed by atoms with Crippen LogP contribution in [0.1, 0.15) is 32.1 Å². The minimum absolute atomic E-state index is 0.0277. The summed E-state index contributed by atoms with van der Waals surface area (Å²) in [6.07, 6.45) is 4.49. The molecule has 2 aromatic carbocycles. The van der Waals surface area contributed by atoms with Crippen molar-refractivity contribution in [3.05, 3.63) is 42.5 Å². The number of nitrogens with zero attached hydrogens (tertiary/aromatic N) is 1. The van der Waals surface area contributed by atoms with Crippen molar-refractivity contribution in [1.29, 1.82) is 0 Å². The zero-order valence-electron chi connectivity index (χ0n) is 17.3. The molecule has 0 aromatic heterocycles. The Hall–Kier alpha value is -1.96. The number of hydrogen-bond donors (Lipinski definition) is 1. The van der Waals surface area contributed by atoms with Gasteiger partial charge in [0.25, 0.3) is 0 Å². The lowest BCUT2D eigenvalue weighted by Gasteiger charge is -2.30. The van der Waals surface area contributed by atoms with Gasteiger partial charge >= 0.3 is 0 Å². The van der Waals surface area contributed by atoms with Crippen LogP contribution in [-0.2, 0) is 19.6 Å². The lowest BCUT2D eigenvalue weighted by molar-refractivity contribution is -0.126. The number of carbonyl (C=O) groups is 1. The number of piperidine rings is 1. The van der Waals surface area contributed by atoms with Crippen molar-refractivity contribution in [3.63, 3.8) is 0 Å². The summed E-state index contributed by atoms with van der Waals surface area (Å²) >= 11 is 0. The predicted octanol–water partition coefficient (Wildman–Crippen LogP) is 3.17. The van der Waals surface area contributed by atoms with Crippen molar-refractivity contribution < 1.29 is 17.9 Å². The van der Waals surface area contributed by atoms with E-state index in [-0.39, 0.29) is 11.8 Å².